The molecule has 20 heavy (non-hydrogen) atoms. The van der Waals surface area contributed by atoms with E-state index in [2.05, 4.69) is 16.8 Å². The molecule has 1 aliphatic heterocycles. The molecule has 0 aliphatic carbocycles. The number of carbonyl (C=O) groups is 2. The summed E-state index contributed by atoms with van der Waals surface area (Å²) in [4.78, 5) is 25.4. The van der Waals surface area contributed by atoms with Crippen LogP contribution in [0, 0.1) is 11.3 Å². The second-order valence-electron chi connectivity index (χ2n) is 6.07. The van der Waals surface area contributed by atoms with Crippen molar-refractivity contribution < 1.29 is 14.7 Å². The van der Waals surface area contributed by atoms with Gasteiger partial charge in [0.05, 0.1) is 11.5 Å². The van der Waals surface area contributed by atoms with E-state index < -0.39 is 11.4 Å². The number of nitrogens with one attached hydrogen (secondary N) is 1. The smallest absolute Gasteiger partial charge is 0.309 e. The first kappa shape index (κ1) is 16.7. The number of amides is 1. The molecular weight excluding hydrogens is 256 g/mol. The van der Waals surface area contributed by atoms with Gasteiger partial charge in [0.2, 0.25) is 5.91 Å². The third-order valence-electron chi connectivity index (χ3n) is 4.37. The first-order chi connectivity index (χ1) is 9.30. The summed E-state index contributed by atoms with van der Waals surface area (Å²) in [6, 6.07) is -0.234. The summed E-state index contributed by atoms with van der Waals surface area (Å²) in [5, 5.41) is 12.1. The zero-order chi connectivity index (χ0) is 15.3. The predicted octanol–water partition coefficient (Wildman–Crippen LogP) is 1.50. The van der Waals surface area contributed by atoms with Gasteiger partial charge in [0.25, 0.3) is 0 Å². The Bertz CT molecular complexity index is 379. The Balaban J connectivity index is 2.67. The summed E-state index contributed by atoms with van der Waals surface area (Å²) in [7, 11) is 0. The number of carboxylic acid groups (broad SMARTS) is 1. The molecule has 5 heteroatoms. The van der Waals surface area contributed by atoms with E-state index in [0.29, 0.717) is 13.1 Å². The van der Waals surface area contributed by atoms with Crippen molar-refractivity contribution in [3.05, 3.63) is 12.7 Å². The van der Waals surface area contributed by atoms with Crippen LogP contribution in [0.25, 0.3) is 0 Å². The number of carbonyl (C=O) groups excluding carboxylic acids is 1. The summed E-state index contributed by atoms with van der Waals surface area (Å²) in [5.74, 6) is -0.727. The van der Waals surface area contributed by atoms with Crippen LogP contribution < -0.4 is 5.32 Å². The van der Waals surface area contributed by atoms with Gasteiger partial charge in [-0.15, -0.1) is 6.58 Å². The minimum Gasteiger partial charge on any atom is -0.481 e. The molecule has 2 N–H and O–H groups in total. The molecule has 0 aromatic carbocycles. The summed E-state index contributed by atoms with van der Waals surface area (Å²) in [6.07, 6.45) is 3.48. The van der Waals surface area contributed by atoms with Crippen molar-refractivity contribution in [1.29, 1.82) is 0 Å². The molecule has 0 aromatic rings. The van der Waals surface area contributed by atoms with Crippen LogP contribution in [0.2, 0.25) is 0 Å². The number of nitrogens with zero attached hydrogens (tertiary/aromatic N) is 1. The number of rotatable bonds is 6. The van der Waals surface area contributed by atoms with Crippen molar-refractivity contribution in [1.82, 2.24) is 10.2 Å². The van der Waals surface area contributed by atoms with Crippen LogP contribution in [0.4, 0.5) is 0 Å². The number of aliphatic carboxylic acids is 1. The largest absolute Gasteiger partial charge is 0.481 e. The fourth-order valence-corrected chi connectivity index (χ4v) is 2.61. The van der Waals surface area contributed by atoms with Gasteiger partial charge in [-0.25, -0.2) is 0 Å². The second kappa shape index (κ2) is 6.88. The lowest BCUT2D eigenvalue weighted by molar-refractivity contribution is -0.151. The van der Waals surface area contributed by atoms with E-state index in [4.69, 9.17) is 0 Å². The highest BCUT2D eigenvalue weighted by Crippen LogP contribution is 2.34. The van der Waals surface area contributed by atoms with Gasteiger partial charge in [-0.3, -0.25) is 14.5 Å². The first-order valence-electron chi connectivity index (χ1n) is 7.16. The van der Waals surface area contributed by atoms with E-state index in [1.807, 2.05) is 6.92 Å². The highest BCUT2D eigenvalue weighted by Gasteiger charge is 2.40. The fraction of sp³-hybridized carbons (Fsp3) is 0.733. The molecule has 0 bridgehead atoms. The van der Waals surface area contributed by atoms with Crippen LogP contribution in [0.15, 0.2) is 12.7 Å². The Morgan fingerprint density at radius 2 is 2.20 bits per heavy atom. The lowest BCUT2D eigenvalue weighted by Gasteiger charge is -2.41. The lowest BCUT2D eigenvalue weighted by atomic mass is 9.74. The maximum atomic E-state index is 12.0. The summed E-state index contributed by atoms with van der Waals surface area (Å²) < 4.78 is 0. The molecule has 1 saturated heterocycles. The Labute approximate surface area is 121 Å². The molecule has 0 radical (unpaired) electrons. The van der Waals surface area contributed by atoms with Gasteiger partial charge in [-0.1, -0.05) is 6.08 Å². The lowest BCUT2D eigenvalue weighted by Crippen LogP contribution is -2.52. The molecule has 1 amide bonds. The van der Waals surface area contributed by atoms with Crippen LogP contribution in [-0.2, 0) is 9.59 Å². The molecule has 1 fully saturated rings. The number of hydrogen-bond donors (Lipinski definition) is 2. The highest BCUT2D eigenvalue weighted by atomic mass is 16.4. The van der Waals surface area contributed by atoms with Gasteiger partial charge in [-0.2, -0.15) is 0 Å². The number of carboxylic acids is 1. The van der Waals surface area contributed by atoms with E-state index in [1.165, 1.54) is 0 Å². The first-order valence-corrected chi connectivity index (χ1v) is 7.16. The minimum absolute atomic E-state index is 0.0290. The third-order valence-corrected chi connectivity index (χ3v) is 4.37. The molecule has 0 saturated carbocycles. The standard InChI is InChI=1S/C15H26N2O3/c1-5-8-16-13(18)11(2)17-9-6-7-12(10-17)15(3,4)14(19)20/h5,11-12H,1,6-10H2,2-4H3,(H,16,18)(H,19,20). The average molecular weight is 282 g/mol. The molecule has 1 heterocycles. The molecule has 1 aliphatic rings. The Morgan fingerprint density at radius 3 is 2.75 bits per heavy atom. The van der Waals surface area contributed by atoms with Gasteiger partial charge in [0, 0.05) is 13.1 Å². The summed E-state index contributed by atoms with van der Waals surface area (Å²) in [6.45, 7) is 10.9. The van der Waals surface area contributed by atoms with Crippen LogP contribution in [0.5, 0.6) is 0 Å². The van der Waals surface area contributed by atoms with E-state index in [1.54, 1.807) is 19.9 Å². The summed E-state index contributed by atoms with van der Waals surface area (Å²) >= 11 is 0. The van der Waals surface area contributed by atoms with Gasteiger partial charge >= 0.3 is 5.97 Å². The number of piperidine rings is 1. The molecule has 1 rings (SSSR count). The van der Waals surface area contributed by atoms with Crippen LogP contribution in [-0.4, -0.2) is 47.6 Å². The Kier molecular flexibility index (Phi) is 5.74. The van der Waals surface area contributed by atoms with Crippen molar-refractivity contribution in [2.75, 3.05) is 19.6 Å². The van der Waals surface area contributed by atoms with Crippen molar-refractivity contribution in [3.8, 4) is 0 Å². The monoisotopic (exact) mass is 282 g/mol. The molecule has 5 nitrogen and oxygen atoms in total. The van der Waals surface area contributed by atoms with E-state index >= 15 is 0 Å². The fourth-order valence-electron chi connectivity index (χ4n) is 2.61. The topological polar surface area (TPSA) is 69.6 Å². The molecule has 114 valence electrons. The van der Waals surface area contributed by atoms with Gasteiger partial charge in [0.1, 0.15) is 0 Å². The number of hydrogen-bond acceptors (Lipinski definition) is 3. The van der Waals surface area contributed by atoms with Gasteiger partial charge < -0.3 is 10.4 Å². The SMILES string of the molecule is C=CCNC(=O)C(C)N1CCCC(C(C)(C)C(=O)O)C1. The minimum atomic E-state index is -0.770. The van der Waals surface area contributed by atoms with E-state index in [0.717, 1.165) is 19.4 Å². The zero-order valence-electron chi connectivity index (χ0n) is 12.7. The van der Waals surface area contributed by atoms with Crippen molar-refractivity contribution in [3.63, 3.8) is 0 Å². The maximum Gasteiger partial charge on any atom is 0.309 e. The molecule has 2 unspecified atom stereocenters. The number of likely N-dealkylation sites (tertiary alicyclic amines) is 1. The Morgan fingerprint density at radius 1 is 1.55 bits per heavy atom. The van der Waals surface area contributed by atoms with Crippen LogP contribution in [0.1, 0.15) is 33.6 Å². The Hall–Kier alpha value is -1.36. The van der Waals surface area contributed by atoms with Gasteiger partial charge in [-0.05, 0) is 46.1 Å². The molecule has 0 aromatic heterocycles. The highest BCUT2D eigenvalue weighted by molar-refractivity contribution is 5.81. The van der Waals surface area contributed by atoms with Crippen molar-refractivity contribution in [2.45, 2.75) is 39.7 Å². The van der Waals surface area contributed by atoms with Crippen LogP contribution >= 0.6 is 0 Å². The maximum absolute atomic E-state index is 12.0. The second-order valence-corrected chi connectivity index (χ2v) is 6.07. The van der Waals surface area contributed by atoms with E-state index in [9.17, 15) is 14.7 Å². The molecule has 2 atom stereocenters. The van der Waals surface area contributed by atoms with Gasteiger partial charge in [0.15, 0.2) is 0 Å². The normalized spacial score (nSPS) is 22.1. The van der Waals surface area contributed by atoms with Crippen molar-refractivity contribution in [2.24, 2.45) is 11.3 Å². The van der Waals surface area contributed by atoms with Crippen LogP contribution in [0.3, 0.4) is 0 Å². The molecular formula is C15H26N2O3. The third kappa shape index (κ3) is 3.82. The van der Waals surface area contributed by atoms with Crippen molar-refractivity contribution >= 4 is 11.9 Å². The predicted molar refractivity (Wildman–Crippen MR) is 78.4 cm³/mol. The molecule has 0 spiro atoms. The van der Waals surface area contributed by atoms with E-state index in [-0.39, 0.29) is 17.9 Å². The zero-order valence-corrected chi connectivity index (χ0v) is 12.7. The summed E-state index contributed by atoms with van der Waals surface area (Å²) in [5.41, 5.74) is -0.754. The average Bonchev–Trinajstić information content (AvgIpc) is 2.43. The quantitative estimate of drug-likeness (QED) is 0.724.